The minimum Gasteiger partial charge on any atom is -0.482 e. The lowest BCUT2D eigenvalue weighted by Crippen LogP contribution is -2.27. The van der Waals surface area contributed by atoms with Gasteiger partial charge in [-0.3, -0.25) is 0 Å². The van der Waals surface area contributed by atoms with Crippen molar-refractivity contribution in [1.82, 2.24) is 5.32 Å². The Bertz CT molecular complexity index is 450. The van der Waals surface area contributed by atoms with Gasteiger partial charge in [-0.25, -0.2) is 9.18 Å². The van der Waals surface area contributed by atoms with Crippen molar-refractivity contribution in [3.05, 3.63) is 29.6 Å². The third-order valence-corrected chi connectivity index (χ3v) is 3.34. The van der Waals surface area contributed by atoms with E-state index in [0.717, 1.165) is 31.5 Å². The van der Waals surface area contributed by atoms with Gasteiger partial charge in [-0.2, -0.15) is 0 Å². The summed E-state index contributed by atoms with van der Waals surface area (Å²) in [6.07, 6.45) is 1.89. The largest absolute Gasteiger partial charge is 0.482 e. The van der Waals surface area contributed by atoms with Gasteiger partial charge in [0.1, 0.15) is 11.6 Å². The second-order valence-electron chi connectivity index (χ2n) is 4.57. The molecule has 1 N–H and O–H groups in total. The molecule has 6 heteroatoms. The molecule has 0 unspecified atom stereocenters. The van der Waals surface area contributed by atoms with E-state index >= 15 is 0 Å². The molecule has 1 aromatic carbocycles. The van der Waals surface area contributed by atoms with Crippen molar-refractivity contribution >= 4 is 18.4 Å². The molecule has 0 amide bonds. The van der Waals surface area contributed by atoms with Gasteiger partial charge in [-0.1, -0.05) is 6.07 Å². The molecule has 0 saturated carbocycles. The molecule has 1 fully saturated rings. The van der Waals surface area contributed by atoms with E-state index in [0.29, 0.717) is 5.75 Å². The molecular formula is C14H19ClFNO3. The van der Waals surface area contributed by atoms with Gasteiger partial charge in [0.2, 0.25) is 0 Å². The highest BCUT2D eigenvalue weighted by molar-refractivity contribution is 5.85. The number of benzene rings is 1. The third kappa shape index (κ3) is 4.35. The van der Waals surface area contributed by atoms with Crippen LogP contribution in [0.15, 0.2) is 18.2 Å². The molecule has 1 aliphatic rings. The summed E-state index contributed by atoms with van der Waals surface area (Å²) < 4.78 is 23.6. The number of rotatable bonds is 4. The Morgan fingerprint density at radius 1 is 1.40 bits per heavy atom. The van der Waals surface area contributed by atoms with Crippen molar-refractivity contribution in [1.29, 1.82) is 0 Å². The highest BCUT2D eigenvalue weighted by Crippen LogP contribution is 2.29. The molecule has 1 aromatic rings. The average Bonchev–Trinajstić information content (AvgIpc) is 2.45. The molecule has 0 aromatic heterocycles. The molecule has 0 bridgehead atoms. The minimum absolute atomic E-state index is 0. The smallest absolute Gasteiger partial charge is 0.343 e. The van der Waals surface area contributed by atoms with Gasteiger partial charge in [0.15, 0.2) is 6.61 Å². The van der Waals surface area contributed by atoms with E-state index in [1.54, 1.807) is 12.1 Å². The summed E-state index contributed by atoms with van der Waals surface area (Å²) in [5.74, 6) is -0.145. The van der Waals surface area contributed by atoms with E-state index in [-0.39, 0.29) is 30.7 Å². The number of carbonyl (C=O) groups excluding carboxylic acids is 1. The van der Waals surface area contributed by atoms with Crippen LogP contribution in [0.4, 0.5) is 4.39 Å². The number of halogens is 2. The maximum atomic E-state index is 14.0. The van der Waals surface area contributed by atoms with Gasteiger partial charge in [0, 0.05) is 6.07 Å². The minimum atomic E-state index is -0.483. The molecule has 0 aliphatic carbocycles. The molecule has 112 valence electrons. The van der Waals surface area contributed by atoms with Crippen molar-refractivity contribution in [2.45, 2.75) is 18.8 Å². The molecule has 20 heavy (non-hydrogen) atoms. The molecule has 1 heterocycles. The quantitative estimate of drug-likeness (QED) is 0.867. The number of hydrogen-bond acceptors (Lipinski definition) is 4. The standard InChI is InChI=1S/C14H18FNO3.ClH/c1-18-14(17)9-19-11-2-3-12(13(15)8-11)10-4-6-16-7-5-10;/h2-3,8,10,16H,4-7,9H2,1H3;1H. The predicted octanol–water partition coefficient (Wildman–Crippen LogP) is 2.27. The van der Waals surface area contributed by atoms with Gasteiger partial charge >= 0.3 is 5.97 Å². The van der Waals surface area contributed by atoms with Crippen LogP contribution in [0.25, 0.3) is 0 Å². The zero-order valence-electron chi connectivity index (χ0n) is 11.4. The van der Waals surface area contributed by atoms with Crippen LogP contribution in [0.1, 0.15) is 24.3 Å². The van der Waals surface area contributed by atoms with Gasteiger partial charge in [-0.15, -0.1) is 12.4 Å². The zero-order chi connectivity index (χ0) is 13.7. The van der Waals surface area contributed by atoms with Crippen molar-refractivity contribution in [2.24, 2.45) is 0 Å². The van der Waals surface area contributed by atoms with Crippen LogP contribution >= 0.6 is 12.4 Å². The predicted molar refractivity (Wildman–Crippen MR) is 76.0 cm³/mol. The molecule has 0 radical (unpaired) electrons. The van der Waals surface area contributed by atoms with E-state index in [9.17, 15) is 9.18 Å². The number of ether oxygens (including phenoxy) is 2. The summed E-state index contributed by atoms with van der Waals surface area (Å²) in [6.45, 7) is 1.64. The second-order valence-corrected chi connectivity index (χ2v) is 4.57. The Morgan fingerprint density at radius 2 is 2.10 bits per heavy atom. The van der Waals surface area contributed by atoms with E-state index in [2.05, 4.69) is 10.1 Å². The van der Waals surface area contributed by atoms with E-state index in [1.165, 1.54) is 13.2 Å². The Kier molecular flexibility index (Phi) is 6.75. The Hall–Kier alpha value is -1.33. The van der Waals surface area contributed by atoms with Crippen molar-refractivity contribution in [3.8, 4) is 5.75 Å². The molecule has 4 nitrogen and oxygen atoms in total. The Balaban J connectivity index is 0.00000200. The number of piperidine rings is 1. The normalized spacial score (nSPS) is 15.3. The lowest BCUT2D eigenvalue weighted by atomic mass is 9.90. The number of carbonyl (C=O) groups is 1. The molecule has 0 spiro atoms. The third-order valence-electron chi connectivity index (χ3n) is 3.34. The first-order valence-corrected chi connectivity index (χ1v) is 6.40. The van der Waals surface area contributed by atoms with Crippen LogP contribution in [0.2, 0.25) is 0 Å². The number of methoxy groups -OCH3 is 1. The van der Waals surface area contributed by atoms with Crippen LogP contribution in [-0.4, -0.2) is 32.8 Å². The summed E-state index contributed by atoms with van der Waals surface area (Å²) in [4.78, 5) is 10.9. The van der Waals surface area contributed by atoms with Crippen LogP contribution < -0.4 is 10.1 Å². The zero-order valence-corrected chi connectivity index (χ0v) is 12.2. The van der Waals surface area contributed by atoms with Crippen LogP contribution in [0.3, 0.4) is 0 Å². The second kappa shape index (κ2) is 8.07. The molecule has 1 aliphatic heterocycles. The van der Waals surface area contributed by atoms with Crippen molar-refractivity contribution < 1.29 is 18.7 Å². The van der Waals surface area contributed by atoms with Crippen LogP contribution in [-0.2, 0) is 9.53 Å². The van der Waals surface area contributed by atoms with Gasteiger partial charge < -0.3 is 14.8 Å². The van der Waals surface area contributed by atoms with Gasteiger partial charge in [-0.05, 0) is 43.5 Å². The molecule has 2 rings (SSSR count). The van der Waals surface area contributed by atoms with Crippen molar-refractivity contribution in [2.75, 3.05) is 26.8 Å². The fourth-order valence-electron chi connectivity index (χ4n) is 2.26. The summed E-state index contributed by atoms with van der Waals surface area (Å²) in [6, 6.07) is 4.78. The first-order valence-electron chi connectivity index (χ1n) is 6.40. The Labute approximate surface area is 124 Å². The highest BCUT2D eigenvalue weighted by Gasteiger charge is 2.19. The summed E-state index contributed by atoms with van der Waals surface area (Å²) in [5.41, 5.74) is 0.729. The number of hydrogen-bond donors (Lipinski definition) is 1. The molecule has 0 atom stereocenters. The lowest BCUT2D eigenvalue weighted by molar-refractivity contribution is -0.142. The SMILES string of the molecule is COC(=O)COc1ccc(C2CCNCC2)c(F)c1.Cl. The summed E-state index contributed by atoms with van der Waals surface area (Å²) >= 11 is 0. The monoisotopic (exact) mass is 303 g/mol. The maximum Gasteiger partial charge on any atom is 0.343 e. The van der Waals surface area contributed by atoms with Crippen LogP contribution in [0.5, 0.6) is 5.75 Å². The van der Waals surface area contributed by atoms with Crippen LogP contribution in [0, 0.1) is 5.82 Å². The first-order chi connectivity index (χ1) is 9.20. The van der Waals surface area contributed by atoms with E-state index in [4.69, 9.17) is 4.74 Å². The van der Waals surface area contributed by atoms with Crippen molar-refractivity contribution in [3.63, 3.8) is 0 Å². The maximum absolute atomic E-state index is 14.0. The first kappa shape index (κ1) is 16.7. The topological polar surface area (TPSA) is 47.6 Å². The van der Waals surface area contributed by atoms with E-state index in [1.807, 2.05) is 0 Å². The number of nitrogens with one attached hydrogen (secondary N) is 1. The van der Waals surface area contributed by atoms with E-state index < -0.39 is 5.97 Å². The summed E-state index contributed by atoms with van der Waals surface area (Å²) in [7, 11) is 1.28. The summed E-state index contributed by atoms with van der Waals surface area (Å²) in [5, 5.41) is 3.26. The average molecular weight is 304 g/mol. The fourth-order valence-corrected chi connectivity index (χ4v) is 2.26. The highest BCUT2D eigenvalue weighted by atomic mass is 35.5. The molecular weight excluding hydrogens is 285 g/mol. The fraction of sp³-hybridized carbons (Fsp3) is 0.500. The molecule has 1 saturated heterocycles. The van der Waals surface area contributed by atoms with Gasteiger partial charge in [0.25, 0.3) is 0 Å². The van der Waals surface area contributed by atoms with Gasteiger partial charge in [0.05, 0.1) is 7.11 Å². The Morgan fingerprint density at radius 3 is 2.70 bits per heavy atom. The lowest BCUT2D eigenvalue weighted by Gasteiger charge is -2.23. The number of esters is 1.